The molecule has 188 valence electrons. The normalized spacial score (nSPS) is 12.5. The lowest BCUT2D eigenvalue weighted by Crippen LogP contribution is -2.12. The minimum atomic E-state index is -0.329. The summed E-state index contributed by atoms with van der Waals surface area (Å²) in [5, 5.41) is 0. The Morgan fingerprint density at radius 2 is 0.500 bits per heavy atom. The summed E-state index contributed by atoms with van der Waals surface area (Å²) < 4.78 is 0. The molecule has 8 heteroatoms. The summed E-state index contributed by atoms with van der Waals surface area (Å²) >= 11 is 0. The third-order valence-electron chi connectivity index (χ3n) is 5.19. The first kappa shape index (κ1) is 32.1. The molecule has 8 nitrogen and oxygen atoms in total. The van der Waals surface area contributed by atoms with Gasteiger partial charge in [0.05, 0.1) is 0 Å². The van der Waals surface area contributed by atoms with Gasteiger partial charge in [-0.05, 0) is 25.7 Å². The van der Waals surface area contributed by atoms with Gasteiger partial charge in [0.25, 0.3) is 0 Å². The summed E-state index contributed by atoms with van der Waals surface area (Å²) in [5.41, 5.74) is 19.8. The van der Waals surface area contributed by atoms with Gasteiger partial charge in [-0.2, -0.15) is 0 Å². The fourth-order valence-corrected chi connectivity index (χ4v) is 3.32. The van der Waals surface area contributed by atoms with Crippen LogP contribution in [0, 0.1) is 0 Å². The smallest absolute Gasteiger partial charge is 0.217 e. The zero-order valence-electron chi connectivity index (χ0n) is 20.1. The second kappa shape index (κ2) is 25.1. The summed E-state index contributed by atoms with van der Waals surface area (Å²) in [5.74, 6) is -1.06. The Balaban J connectivity index is 0. The van der Waals surface area contributed by atoms with Gasteiger partial charge in [-0.25, -0.2) is 0 Å². The Morgan fingerprint density at radius 1 is 0.344 bits per heavy atom. The molecule has 0 radical (unpaired) electrons. The Hall–Kier alpha value is -2.12. The number of primary amides is 4. The average Bonchev–Trinajstić information content (AvgIpc) is 2.74. The van der Waals surface area contributed by atoms with Crippen LogP contribution in [-0.4, -0.2) is 23.6 Å². The predicted octanol–water partition coefficient (Wildman–Crippen LogP) is 3.72. The van der Waals surface area contributed by atoms with Gasteiger partial charge in [0.2, 0.25) is 23.6 Å². The quantitative estimate of drug-likeness (QED) is 0.259. The second-order valence-electron chi connectivity index (χ2n) is 8.52. The van der Waals surface area contributed by atoms with Gasteiger partial charge in [-0.3, -0.25) is 19.2 Å². The van der Waals surface area contributed by atoms with Crippen LogP contribution in [0.15, 0.2) is 0 Å². The molecule has 1 fully saturated rings. The Kier molecular flexibility index (Phi) is 25.2. The van der Waals surface area contributed by atoms with E-state index in [2.05, 4.69) is 0 Å². The van der Waals surface area contributed by atoms with E-state index in [0.29, 0.717) is 38.5 Å². The van der Waals surface area contributed by atoms with Gasteiger partial charge in [0, 0.05) is 25.7 Å². The highest BCUT2D eigenvalue weighted by atomic mass is 16.2. The number of rotatable bonds is 16. The van der Waals surface area contributed by atoms with Crippen LogP contribution in [-0.2, 0) is 19.2 Å². The fourth-order valence-electron chi connectivity index (χ4n) is 3.32. The Bertz CT molecular complexity index is 445. The molecular weight excluding hydrogens is 408 g/mol. The summed E-state index contributed by atoms with van der Waals surface area (Å²) in [6, 6.07) is 0. The molecule has 4 amide bonds. The van der Waals surface area contributed by atoms with E-state index >= 15 is 0 Å². The van der Waals surface area contributed by atoms with Gasteiger partial charge in [0.15, 0.2) is 0 Å². The first-order valence-electron chi connectivity index (χ1n) is 12.4. The number of hydrogen-bond donors (Lipinski definition) is 4. The van der Waals surface area contributed by atoms with E-state index in [4.69, 9.17) is 22.9 Å². The van der Waals surface area contributed by atoms with Gasteiger partial charge in [-0.1, -0.05) is 77.0 Å². The highest BCUT2D eigenvalue weighted by molar-refractivity contribution is 5.75. The van der Waals surface area contributed by atoms with Gasteiger partial charge < -0.3 is 22.9 Å². The highest BCUT2D eigenvalue weighted by Gasteiger charge is 1.98. The van der Waals surface area contributed by atoms with E-state index in [1.165, 1.54) is 64.2 Å². The number of nitrogens with two attached hydrogens (primary N) is 4. The zero-order chi connectivity index (χ0) is 24.5. The molecule has 0 aromatic carbocycles. The number of unbranched alkanes of at least 4 members (excludes halogenated alkanes) is 8. The fraction of sp³-hybridized carbons (Fsp3) is 0.833. The van der Waals surface area contributed by atoms with Crippen molar-refractivity contribution in [1.29, 1.82) is 0 Å². The molecule has 0 aromatic heterocycles. The number of hydrogen-bond acceptors (Lipinski definition) is 4. The maximum absolute atomic E-state index is 10.4. The molecule has 1 saturated carbocycles. The van der Waals surface area contributed by atoms with E-state index in [-0.39, 0.29) is 23.6 Å². The summed E-state index contributed by atoms with van der Waals surface area (Å²) in [4.78, 5) is 41.2. The van der Waals surface area contributed by atoms with Gasteiger partial charge in [-0.15, -0.1) is 0 Å². The molecule has 1 aliphatic rings. The number of carbonyl (C=O) groups is 4. The van der Waals surface area contributed by atoms with E-state index in [1.54, 1.807) is 0 Å². The Morgan fingerprint density at radius 3 is 0.688 bits per heavy atom. The molecule has 0 unspecified atom stereocenters. The van der Waals surface area contributed by atoms with Crippen LogP contribution in [0.4, 0.5) is 0 Å². The van der Waals surface area contributed by atoms with Crippen molar-refractivity contribution in [2.45, 2.75) is 128 Å². The maximum Gasteiger partial charge on any atom is 0.217 e. The molecule has 8 N–H and O–H groups in total. The van der Waals surface area contributed by atoms with Crippen LogP contribution in [0.5, 0.6) is 0 Å². The average molecular weight is 457 g/mol. The molecule has 1 aliphatic carbocycles. The van der Waals surface area contributed by atoms with E-state index in [9.17, 15) is 19.2 Å². The van der Waals surface area contributed by atoms with Gasteiger partial charge in [0.1, 0.15) is 0 Å². The molecule has 0 bridgehead atoms. The number of amides is 4. The first-order chi connectivity index (χ1) is 15.3. The van der Waals surface area contributed by atoms with Crippen molar-refractivity contribution in [3.8, 4) is 0 Å². The van der Waals surface area contributed by atoms with E-state index in [1.807, 2.05) is 0 Å². The molecule has 0 heterocycles. The monoisotopic (exact) mass is 456 g/mol. The van der Waals surface area contributed by atoms with Crippen molar-refractivity contribution >= 4 is 23.6 Å². The highest BCUT2D eigenvalue weighted by Crippen LogP contribution is 2.15. The largest absolute Gasteiger partial charge is 0.370 e. The van der Waals surface area contributed by atoms with Gasteiger partial charge >= 0.3 is 0 Å². The van der Waals surface area contributed by atoms with Crippen LogP contribution in [0.1, 0.15) is 128 Å². The van der Waals surface area contributed by atoms with Crippen molar-refractivity contribution in [2.75, 3.05) is 0 Å². The lowest BCUT2D eigenvalue weighted by atomic mass is 10.0. The van der Waals surface area contributed by atoms with Crippen LogP contribution in [0.2, 0.25) is 0 Å². The van der Waals surface area contributed by atoms with Crippen LogP contribution < -0.4 is 22.9 Å². The third-order valence-corrected chi connectivity index (χ3v) is 5.19. The minimum Gasteiger partial charge on any atom is -0.370 e. The van der Waals surface area contributed by atoms with Crippen molar-refractivity contribution in [2.24, 2.45) is 22.9 Å². The molecular formula is C24H48N4O4. The second-order valence-corrected chi connectivity index (χ2v) is 8.52. The Labute approximate surface area is 194 Å². The van der Waals surface area contributed by atoms with Crippen molar-refractivity contribution in [3.63, 3.8) is 0 Å². The van der Waals surface area contributed by atoms with Crippen LogP contribution in [0.3, 0.4) is 0 Å². The first-order valence-corrected chi connectivity index (χ1v) is 12.4. The molecule has 0 spiro atoms. The standard InChI is InChI=1S/C12H24N2O2.C6H12N2O2.C6H12/c13-11(15)9-7-5-3-1-2-4-6-8-10-12(14)16;7-5(9)3-1-2-4-6(8)10;1-2-4-6-5-3-1/h1-10H2,(H2,13,15)(H2,14,16);1-4H2,(H2,7,9)(H2,8,10);1-6H2. The van der Waals surface area contributed by atoms with Crippen LogP contribution >= 0.6 is 0 Å². The van der Waals surface area contributed by atoms with E-state index in [0.717, 1.165) is 25.7 Å². The zero-order valence-corrected chi connectivity index (χ0v) is 20.1. The molecule has 1 rings (SSSR count). The number of carbonyl (C=O) groups excluding carboxylic acids is 4. The molecule has 32 heavy (non-hydrogen) atoms. The van der Waals surface area contributed by atoms with Crippen LogP contribution in [0.25, 0.3) is 0 Å². The third kappa shape index (κ3) is 35.3. The van der Waals surface area contributed by atoms with Crippen molar-refractivity contribution in [1.82, 2.24) is 0 Å². The van der Waals surface area contributed by atoms with Crippen molar-refractivity contribution in [3.05, 3.63) is 0 Å². The summed E-state index contributed by atoms with van der Waals surface area (Å²) in [7, 11) is 0. The lowest BCUT2D eigenvalue weighted by Gasteiger charge is -2.05. The molecule has 0 saturated heterocycles. The van der Waals surface area contributed by atoms with Crippen molar-refractivity contribution < 1.29 is 19.2 Å². The molecule has 0 atom stereocenters. The topological polar surface area (TPSA) is 172 Å². The summed E-state index contributed by atoms with van der Waals surface area (Å²) in [6.07, 6.45) is 20.8. The molecule has 0 aliphatic heterocycles. The minimum absolute atomic E-state index is 0.202. The molecule has 0 aromatic rings. The predicted molar refractivity (Wildman–Crippen MR) is 129 cm³/mol. The maximum atomic E-state index is 10.4. The van der Waals surface area contributed by atoms with E-state index < -0.39 is 0 Å². The lowest BCUT2D eigenvalue weighted by molar-refractivity contribution is -0.119. The SMILES string of the molecule is C1CCCCC1.NC(=O)CCCCC(N)=O.NC(=O)CCCCCCCCCCC(N)=O. The summed E-state index contributed by atoms with van der Waals surface area (Å²) in [6.45, 7) is 0.